The highest BCUT2D eigenvalue weighted by Crippen LogP contribution is 2.15. The van der Waals surface area contributed by atoms with Gasteiger partial charge in [-0.05, 0) is 20.5 Å². The standard InChI is InChI=1S/C10H20N4O/c1-4-8(7-11)10-12-9(13-15-10)5-6-14(2)3/h8H,4-7,11H2,1-3H3. The van der Waals surface area contributed by atoms with Gasteiger partial charge in [0.2, 0.25) is 5.89 Å². The summed E-state index contributed by atoms with van der Waals surface area (Å²) < 4.78 is 5.18. The van der Waals surface area contributed by atoms with Crippen molar-refractivity contribution in [2.75, 3.05) is 27.2 Å². The minimum absolute atomic E-state index is 0.200. The molecule has 1 heterocycles. The van der Waals surface area contributed by atoms with E-state index in [4.69, 9.17) is 10.3 Å². The molecule has 0 radical (unpaired) electrons. The molecule has 0 bridgehead atoms. The summed E-state index contributed by atoms with van der Waals surface area (Å²) in [5.41, 5.74) is 5.61. The Bertz CT molecular complexity index is 281. The maximum absolute atomic E-state index is 5.61. The van der Waals surface area contributed by atoms with Crippen LogP contribution in [-0.4, -0.2) is 42.2 Å². The summed E-state index contributed by atoms with van der Waals surface area (Å²) >= 11 is 0. The van der Waals surface area contributed by atoms with Crippen LogP contribution in [0.4, 0.5) is 0 Å². The molecule has 0 fully saturated rings. The molecule has 5 nitrogen and oxygen atoms in total. The zero-order valence-electron chi connectivity index (χ0n) is 9.73. The quantitative estimate of drug-likeness (QED) is 0.749. The zero-order chi connectivity index (χ0) is 11.3. The van der Waals surface area contributed by atoms with Gasteiger partial charge >= 0.3 is 0 Å². The van der Waals surface area contributed by atoms with Gasteiger partial charge in [0.15, 0.2) is 5.82 Å². The van der Waals surface area contributed by atoms with Gasteiger partial charge in [0.05, 0.1) is 5.92 Å². The summed E-state index contributed by atoms with van der Waals surface area (Å²) in [4.78, 5) is 6.43. The number of likely N-dealkylation sites (N-methyl/N-ethyl adjacent to an activating group) is 1. The predicted molar refractivity (Wildman–Crippen MR) is 58.6 cm³/mol. The van der Waals surface area contributed by atoms with Crippen molar-refractivity contribution in [2.45, 2.75) is 25.7 Å². The molecule has 1 rings (SSSR count). The molecule has 15 heavy (non-hydrogen) atoms. The number of hydrogen-bond donors (Lipinski definition) is 1. The molecule has 2 N–H and O–H groups in total. The molecule has 0 aliphatic heterocycles. The first kappa shape index (κ1) is 12.1. The van der Waals surface area contributed by atoms with Crippen molar-refractivity contribution in [3.63, 3.8) is 0 Å². The van der Waals surface area contributed by atoms with Gasteiger partial charge in [-0.1, -0.05) is 12.1 Å². The van der Waals surface area contributed by atoms with E-state index < -0.39 is 0 Å². The van der Waals surface area contributed by atoms with Crippen molar-refractivity contribution in [3.05, 3.63) is 11.7 Å². The number of aromatic nitrogens is 2. The minimum Gasteiger partial charge on any atom is -0.339 e. The lowest BCUT2D eigenvalue weighted by molar-refractivity contribution is 0.344. The van der Waals surface area contributed by atoms with Crippen LogP contribution >= 0.6 is 0 Å². The fourth-order valence-corrected chi connectivity index (χ4v) is 1.30. The Morgan fingerprint density at radius 3 is 2.73 bits per heavy atom. The van der Waals surface area contributed by atoms with E-state index in [1.165, 1.54) is 0 Å². The first-order valence-electron chi connectivity index (χ1n) is 5.34. The maximum atomic E-state index is 5.61. The average Bonchev–Trinajstić information content (AvgIpc) is 2.65. The van der Waals surface area contributed by atoms with Crippen LogP contribution in [0.5, 0.6) is 0 Å². The number of nitrogens with zero attached hydrogens (tertiary/aromatic N) is 3. The third-order valence-corrected chi connectivity index (χ3v) is 2.39. The summed E-state index contributed by atoms with van der Waals surface area (Å²) in [6.45, 7) is 3.56. The Balaban J connectivity index is 2.55. The Morgan fingerprint density at radius 1 is 1.47 bits per heavy atom. The van der Waals surface area contributed by atoms with Gasteiger partial charge in [0.1, 0.15) is 0 Å². The van der Waals surface area contributed by atoms with Crippen LogP contribution in [0.25, 0.3) is 0 Å². The third-order valence-electron chi connectivity index (χ3n) is 2.39. The van der Waals surface area contributed by atoms with Crippen molar-refractivity contribution in [1.29, 1.82) is 0 Å². The Hall–Kier alpha value is -0.940. The van der Waals surface area contributed by atoms with Crippen LogP contribution in [0.2, 0.25) is 0 Å². The van der Waals surface area contributed by atoms with Crippen LogP contribution in [0.15, 0.2) is 4.52 Å². The molecule has 1 aromatic heterocycles. The van der Waals surface area contributed by atoms with E-state index in [2.05, 4.69) is 22.0 Å². The first-order chi connectivity index (χ1) is 7.17. The summed E-state index contributed by atoms with van der Waals surface area (Å²) in [5, 5.41) is 3.94. The molecule has 86 valence electrons. The van der Waals surface area contributed by atoms with Gasteiger partial charge < -0.3 is 15.2 Å². The second kappa shape index (κ2) is 5.82. The summed E-state index contributed by atoms with van der Waals surface area (Å²) in [6, 6.07) is 0. The zero-order valence-corrected chi connectivity index (χ0v) is 9.73. The van der Waals surface area contributed by atoms with Gasteiger partial charge in [0.25, 0.3) is 0 Å². The van der Waals surface area contributed by atoms with Crippen molar-refractivity contribution < 1.29 is 4.52 Å². The molecule has 1 atom stereocenters. The number of rotatable bonds is 6. The van der Waals surface area contributed by atoms with Gasteiger partial charge in [-0.2, -0.15) is 4.98 Å². The van der Waals surface area contributed by atoms with Gasteiger partial charge in [-0.15, -0.1) is 0 Å². The van der Waals surface area contributed by atoms with E-state index in [0.29, 0.717) is 12.4 Å². The molecule has 0 spiro atoms. The molecule has 0 saturated carbocycles. The van der Waals surface area contributed by atoms with Gasteiger partial charge in [-0.3, -0.25) is 0 Å². The van der Waals surface area contributed by atoms with E-state index >= 15 is 0 Å². The smallest absolute Gasteiger partial charge is 0.231 e. The lowest BCUT2D eigenvalue weighted by atomic mass is 10.1. The Labute approximate surface area is 90.6 Å². The molecule has 0 aliphatic rings. The average molecular weight is 212 g/mol. The highest BCUT2D eigenvalue weighted by atomic mass is 16.5. The second-order valence-electron chi connectivity index (χ2n) is 3.94. The second-order valence-corrected chi connectivity index (χ2v) is 3.94. The minimum atomic E-state index is 0.200. The van der Waals surface area contributed by atoms with E-state index in [1.807, 2.05) is 14.1 Å². The topological polar surface area (TPSA) is 68.2 Å². The normalized spacial score (nSPS) is 13.4. The van der Waals surface area contributed by atoms with Crippen LogP contribution in [0.1, 0.15) is 31.0 Å². The van der Waals surface area contributed by atoms with Gasteiger partial charge in [-0.25, -0.2) is 0 Å². The van der Waals surface area contributed by atoms with Crippen molar-refractivity contribution in [2.24, 2.45) is 5.73 Å². The molecule has 1 aromatic rings. The lowest BCUT2D eigenvalue weighted by Gasteiger charge is -2.06. The van der Waals surface area contributed by atoms with Crippen molar-refractivity contribution in [1.82, 2.24) is 15.0 Å². The summed E-state index contributed by atoms with van der Waals surface area (Å²) in [7, 11) is 4.05. The van der Waals surface area contributed by atoms with Crippen LogP contribution < -0.4 is 5.73 Å². The molecular formula is C10H20N4O. The Kier molecular flexibility index (Phi) is 4.71. The molecule has 5 heteroatoms. The van der Waals surface area contributed by atoms with Crippen molar-refractivity contribution in [3.8, 4) is 0 Å². The number of nitrogens with two attached hydrogens (primary N) is 1. The summed E-state index contributed by atoms with van der Waals surface area (Å²) in [6.07, 6.45) is 1.75. The molecule has 0 amide bonds. The van der Waals surface area contributed by atoms with E-state index in [9.17, 15) is 0 Å². The largest absolute Gasteiger partial charge is 0.339 e. The monoisotopic (exact) mass is 212 g/mol. The molecule has 1 unspecified atom stereocenters. The fourth-order valence-electron chi connectivity index (χ4n) is 1.30. The van der Waals surface area contributed by atoms with E-state index in [-0.39, 0.29) is 5.92 Å². The van der Waals surface area contributed by atoms with Crippen LogP contribution in [-0.2, 0) is 6.42 Å². The van der Waals surface area contributed by atoms with Gasteiger partial charge in [0, 0.05) is 19.5 Å². The fraction of sp³-hybridized carbons (Fsp3) is 0.800. The summed E-state index contributed by atoms with van der Waals surface area (Å²) in [5.74, 6) is 1.64. The maximum Gasteiger partial charge on any atom is 0.231 e. The third kappa shape index (κ3) is 3.60. The van der Waals surface area contributed by atoms with Crippen LogP contribution in [0.3, 0.4) is 0 Å². The highest BCUT2D eigenvalue weighted by Gasteiger charge is 2.15. The molecular weight excluding hydrogens is 192 g/mol. The SMILES string of the molecule is CCC(CN)c1nc(CCN(C)C)no1. The first-order valence-corrected chi connectivity index (χ1v) is 5.34. The Morgan fingerprint density at radius 2 is 2.20 bits per heavy atom. The highest BCUT2D eigenvalue weighted by molar-refractivity contribution is 4.94. The van der Waals surface area contributed by atoms with E-state index in [0.717, 1.165) is 25.2 Å². The van der Waals surface area contributed by atoms with E-state index in [1.54, 1.807) is 0 Å². The molecule has 0 saturated heterocycles. The molecule has 0 aromatic carbocycles. The van der Waals surface area contributed by atoms with Crippen molar-refractivity contribution >= 4 is 0 Å². The molecule has 0 aliphatic carbocycles. The predicted octanol–water partition coefficient (Wildman–Crippen LogP) is 0.626. The number of hydrogen-bond acceptors (Lipinski definition) is 5. The van der Waals surface area contributed by atoms with Crippen LogP contribution in [0, 0.1) is 0 Å². The lowest BCUT2D eigenvalue weighted by Crippen LogP contribution is -2.16.